The maximum atomic E-state index is 13.0. The summed E-state index contributed by atoms with van der Waals surface area (Å²) in [6.07, 6.45) is 0. The number of aryl methyl sites for hydroxylation is 2. The van der Waals surface area contributed by atoms with Crippen LogP contribution in [0.15, 0.2) is 71.6 Å². The molecule has 0 saturated carbocycles. The second-order valence-corrected chi connectivity index (χ2v) is 9.91. The van der Waals surface area contributed by atoms with Gasteiger partial charge in [0.2, 0.25) is 15.9 Å². The molecule has 1 amide bonds. The van der Waals surface area contributed by atoms with Crippen molar-refractivity contribution in [1.82, 2.24) is 4.31 Å². The Kier molecular flexibility index (Phi) is 7.13. The summed E-state index contributed by atoms with van der Waals surface area (Å²) in [4.78, 5) is 25.8. The van der Waals surface area contributed by atoms with Crippen LogP contribution in [-0.4, -0.2) is 38.0 Å². The van der Waals surface area contributed by atoms with Crippen LogP contribution < -0.4 is 5.32 Å². The van der Waals surface area contributed by atoms with Crippen molar-refractivity contribution in [2.24, 2.45) is 0 Å². The Morgan fingerprint density at radius 2 is 1.66 bits per heavy atom. The Morgan fingerprint density at radius 3 is 2.34 bits per heavy atom. The first-order valence-electron chi connectivity index (χ1n) is 9.82. The van der Waals surface area contributed by atoms with Gasteiger partial charge in [0, 0.05) is 23.2 Å². The van der Waals surface area contributed by atoms with Gasteiger partial charge in [0.05, 0.1) is 17.1 Å². The van der Waals surface area contributed by atoms with E-state index in [4.69, 9.17) is 11.6 Å². The van der Waals surface area contributed by atoms with E-state index in [1.165, 1.54) is 19.2 Å². The summed E-state index contributed by atoms with van der Waals surface area (Å²) >= 11 is 6.07. The molecule has 3 aromatic carbocycles. The van der Waals surface area contributed by atoms with Crippen LogP contribution in [0, 0.1) is 13.8 Å². The second kappa shape index (κ2) is 9.65. The molecule has 0 aliphatic heterocycles. The predicted octanol–water partition coefficient (Wildman–Crippen LogP) is 4.45. The van der Waals surface area contributed by atoms with Crippen molar-refractivity contribution >= 4 is 39.0 Å². The van der Waals surface area contributed by atoms with Crippen molar-refractivity contribution in [1.29, 1.82) is 0 Å². The zero-order valence-electron chi connectivity index (χ0n) is 17.9. The maximum Gasteiger partial charge on any atom is 0.243 e. The molecule has 0 saturated heterocycles. The van der Waals surface area contributed by atoms with Gasteiger partial charge in [-0.1, -0.05) is 54.1 Å². The summed E-state index contributed by atoms with van der Waals surface area (Å²) in [6, 6.07) is 18.3. The summed E-state index contributed by atoms with van der Waals surface area (Å²) in [5.41, 5.74) is 2.32. The Balaban J connectivity index is 1.82. The van der Waals surface area contributed by atoms with Gasteiger partial charge in [-0.3, -0.25) is 9.59 Å². The van der Waals surface area contributed by atoms with E-state index in [0.29, 0.717) is 16.1 Å². The average Bonchev–Trinajstić information content (AvgIpc) is 2.76. The van der Waals surface area contributed by atoms with Crippen LogP contribution >= 0.6 is 11.6 Å². The van der Waals surface area contributed by atoms with Gasteiger partial charge in [-0.15, -0.1) is 0 Å². The van der Waals surface area contributed by atoms with E-state index in [1.807, 2.05) is 6.07 Å². The molecule has 0 aromatic heterocycles. The molecule has 6 nitrogen and oxygen atoms in total. The molecule has 0 radical (unpaired) electrons. The van der Waals surface area contributed by atoms with Crippen LogP contribution in [0.5, 0.6) is 0 Å². The third-order valence-electron chi connectivity index (χ3n) is 4.93. The molecular weight excluding hydrogens is 448 g/mol. The highest BCUT2D eigenvalue weighted by molar-refractivity contribution is 7.89. The van der Waals surface area contributed by atoms with Crippen molar-refractivity contribution in [2.75, 3.05) is 18.9 Å². The van der Waals surface area contributed by atoms with Crippen LogP contribution in [0.25, 0.3) is 0 Å². The van der Waals surface area contributed by atoms with Gasteiger partial charge in [-0.05, 0) is 49.2 Å². The minimum absolute atomic E-state index is 0.152. The van der Waals surface area contributed by atoms with Gasteiger partial charge in [0.15, 0.2) is 5.78 Å². The molecule has 0 spiro atoms. The van der Waals surface area contributed by atoms with E-state index < -0.39 is 22.5 Å². The number of hydrogen-bond acceptors (Lipinski definition) is 4. The Labute approximate surface area is 192 Å². The number of anilines is 1. The SMILES string of the molecule is Cc1ccc(C)c(S(=O)(=O)N(C)CC(=O)Nc2ccc(Cl)cc2C(=O)c2ccccc2)c1. The Hall–Kier alpha value is -3.00. The fraction of sp³-hybridized carbons (Fsp3) is 0.167. The van der Waals surface area contributed by atoms with Gasteiger partial charge < -0.3 is 5.32 Å². The molecule has 3 rings (SSSR count). The highest BCUT2D eigenvalue weighted by Gasteiger charge is 2.25. The second-order valence-electron chi connectivity index (χ2n) is 7.46. The molecule has 0 fully saturated rings. The number of carbonyl (C=O) groups excluding carboxylic acids is 2. The third kappa shape index (κ3) is 5.24. The lowest BCUT2D eigenvalue weighted by Crippen LogP contribution is -2.35. The smallest absolute Gasteiger partial charge is 0.243 e. The molecule has 0 atom stereocenters. The summed E-state index contributed by atoms with van der Waals surface area (Å²) in [6.45, 7) is 3.09. The number of carbonyl (C=O) groups is 2. The third-order valence-corrected chi connectivity index (χ3v) is 7.11. The number of nitrogens with zero attached hydrogens (tertiary/aromatic N) is 1. The standard InChI is InChI=1S/C24H23ClN2O4S/c1-16-9-10-17(2)22(13-16)32(30,31)27(3)15-23(28)26-21-12-11-19(25)14-20(21)24(29)18-7-5-4-6-8-18/h4-14H,15H2,1-3H3,(H,26,28). The van der Waals surface area contributed by atoms with E-state index in [0.717, 1.165) is 9.87 Å². The molecule has 0 aliphatic rings. The molecule has 166 valence electrons. The van der Waals surface area contributed by atoms with Gasteiger partial charge in [0.1, 0.15) is 0 Å². The number of nitrogens with one attached hydrogen (secondary N) is 1. The van der Waals surface area contributed by atoms with Crippen molar-refractivity contribution in [3.63, 3.8) is 0 Å². The van der Waals surface area contributed by atoms with Crippen LogP contribution in [-0.2, 0) is 14.8 Å². The van der Waals surface area contributed by atoms with E-state index in [9.17, 15) is 18.0 Å². The minimum Gasteiger partial charge on any atom is -0.324 e. The topological polar surface area (TPSA) is 83.6 Å². The van der Waals surface area contributed by atoms with Crippen molar-refractivity contribution < 1.29 is 18.0 Å². The van der Waals surface area contributed by atoms with E-state index in [-0.39, 0.29) is 21.9 Å². The maximum absolute atomic E-state index is 13.0. The average molecular weight is 471 g/mol. The lowest BCUT2D eigenvalue weighted by Gasteiger charge is -2.19. The van der Waals surface area contributed by atoms with Gasteiger partial charge >= 0.3 is 0 Å². The molecule has 0 aliphatic carbocycles. The number of hydrogen-bond donors (Lipinski definition) is 1. The monoisotopic (exact) mass is 470 g/mol. The normalized spacial score (nSPS) is 11.4. The molecule has 3 aromatic rings. The molecule has 1 N–H and O–H groups in total. The first-order chi connectivity index (χ1) is 15.1. The zero-order chi connectivity index (χ0) is 23.5. The van der Waals surface area contributed by atoms with Crippen LogP contribution in [0.3, 0.4) is 0 Å². The van der Waals surface area contributed by atoms with Gasteiger partial charge in [-0.2, -0.15) is 4.31 Å². The van der Waals surface area contributed by atoms with E-state index >= 15 is 0 Å². The first-order valence-corrected chi connectivity index (χ1v) is 11.6. The fourth-order valence-electron chi connectivity index (χ4n) is 3.19. The molecule has 0 unspecified atom stereocenters. The summed E-state index contributed by atoms with van der Waals surface area (Å²) < 4.78 is 26.9. The summed E-state index contributed by atoms with van der Waals surface area (Å²) in [5, 5.41) is 2.99. The number of likely N-dealkylation sites (N-methyl/N-ethyl adjacent to an activating group) is 1. The summed E-state index contributed by atoms with van der Waals surface area (Å²) in [7, 11) is -2.53. The zero-order valence-corrected chi connectivity index (χ0v) is 19.5. The number of sulfonamides is 1. The highest BCUT2D eigenvalue weighted by Crippen LogP contribution is 2.24. The predicted molar refractivity (Wildman–Crippen MR) is 126 cm³/mol. The number of rotatable bonds is 7. The largest absolute Gasteiger partial charge is 0.324 e. The number of amides is 1. The van der Waals surface area contributed by atoms with E-state index in [1.54, 1.807) is 62.4 Å². The molecule has 32 heavy (non-hydrogen) atoms. The number of ketones is 1. The van der Waals surface area contributed by atoms with Crippen LogP contribution in [0.1, 0.15) is 27.0 Å². The first kappa shape index (κ1) is 23.7. The Morgan fingerprint density at radius 1 is 0.969 bits per heavy atom. The molecule has 8 heteroatoms. The van der Waals surface area contributed by atoms with Gasteiger partial charge in [0.25, 0.3) is 0 Å². The highest BCUT2D eigenvalue weighted by atomic mass is 35.5. The molecular formula is C24H23ClN2O4S. The van der Waals surface area contributed by atoms with Crippen LogP contribution in [0.2, 0.25) is 5.02 Å². The number of halogens is 1. The van der Waals surface area contributed by atoms with Gasteiger partial charge in [-0.25, -0.2) is 8.42 Å². The lowest BCUT2D eigenvalue weighted by molar-refractivity contribution is -0.116. The van der Waals surface area contributed by atoms with E-state index in [2.05, 4.69) is 5.32 Å². The molecule has 0 bridgehead atoms. The lowest BCUT2D eigenvalue weighted by atomic mass is 10.0. The van der Waals surface area contributed by atoms with Crippen molar-refractivity contribution in [2.45, 2.75) is 18.7 Å². The van der Waals surface area contributed by atoms with Crippen molar-refractivity contribution in [3.05, 3.63) is 94.0 Å². The fourth-order valence-corrected chi connectivity index (χ4v) is 4.79. The quantitative estimate of drug-likeness (QED) is 0.517. The van der Waals surface area contributed by atoms with Crippen molar-refractivity contribution in [3.8, 4) is 0 Å². The van der Waals surface area contributed by atoms with Crippen LogP contribution in [0.4, 0.5) is 5.69 Å². The summed E-state index contributed by atoms with van der Waals surface area (Å²) in [5.74, 6) is -0.884. The minimum atomic E-state index is -3.87. The molecule has 0 heterocycles. The Bertz CT molecular complexity index is 1270. The number of benzene rings is 3.